The van der Waals surface area contributed by atoms with Crippen LogP contribution < -0.4 is 20.3 Å². The lowest BCUT2D eigenvalue weighted by Gasteiger charge is -2.39. The Bertz CT molecular complexity index is 2380. The van der Waals surface area contributed by atoms with Crippen LogP contribution in [0.5, 0.6) is 17.2 Å². The largest absolute Gasteiger partial charge is 0.506 e. The summed E-state index contributed by atoms with van der Waals surface area (Å²) in [5, 5.41) is 30.3. The molecule has 0 spiro atoms. The van der Waals surface area contributed by atoms with Crippen LogP contribution in [0.3, 0.4) is 0 Å². The van der Waals surface area contributed by atoms with Crippen LogP contribution in [-0.4, -0.2) is 105 Å². The number of phenols is 1. The van der Waals surface area contributed by atoms with E-state index >= 15 is 0 Å². The molecule has 64 heavy (non-hydrogen) atoms. The quantitative estimate of drug-likeness (QED) is 0.0464. The minimum atomic E-state index is -2.29. The summed E-state index contributed by atoms with van der Waals surface area (Å²) in [4.78, 5) is 46.5. The number of amides is 1. The molecule has 0 aliphatic heterocycles. The summed E-state index contributed by atoms with van der Waals surface area (Å²) in [6, 6.07) is 17.4. The fraction of sp³-hybridized carbons (Fsp3) is 0.468. The number of aromatic nitrogens is 1. The number of nitrogens with zero attached hydrogens (tertiary/aromatic N) is 2. The molecule has 346 valence electrons. The number of benzene rings is 2. The van der Waals surface area contributed by atoms with E-state index < -0.39 is 26.0 Å². The predicted octanol–water partition coefficient (Wildman–Crippen LogP) is 8.43. The van der Waals surface area contributed by atoms with E-state index in [-0.39, 0.29) is 41.0 Å². The lowest BCUT2D eigenvalue weighted by Crippen LogP contribution is -2.44. The van der Waals surface area contributed by atoms with Gasteiger partial charge < -0.3 is 49.0 Å². The molecular weight excluding hydrogens is 892 g/mol. The van der Waals surface area contributed by atoms with Crippen molar-refractivity contribution in [3.8, 4) is 17.2 Å². The first kappa shape index (κ1) is 49.2. The second-order valence-corrected chi connectivity index (χ2v) is 25.0. The van der Waals surface area contributed by atoms with Crippen molar-refractivity contribution in [3.63, 3.8) is 0 Å². The number of fused-ring (bicyclic) bond motifs is 1. The number of aromatic hydroxyl groups is 1. The van der Waals surface area contributed by atoms with E-state index in [9.17, 15) is 24.6 Å². The van der Waals surface area contributed by atoms with Crippen LogP contribution in [0.1, 0.15) is 73.4 Å². The molecule has 0 bridgehead atoms. The van der Waals surface area contributed by atoms with Gasteiger partial charge in [0.15, 0.2) is 14.9 Å². The molecule has 1 fully saturated rings. The molecule has 4 N–H and O–H groups in total. The van der Waals surface area contributed by atoms with Crippen LogP contribution in [0.25, 0.3) is 10.9 Å². The van der Waals surface area contributed by atoms with Gasteiger partial charge in [-0.15, -0.1) is 22.7 Å². The van der Waals surface area contributed by atoms with Crippen molar-refractivity contribution in [2.75, 3.05) is 47.4 Å². The first-order chi connectivity index (χ1) is 30.3. The third kappa shape index (κ3) is 11.4. The number of ether oxygens (including phenoxy) is 3. The number of hydrogen-bond acceptors (Lipinski definition) is 13. The molecule has 1 aliphatic rings. The van der Waals surface area contributed by atoms with Gasteiger partial charge >= 0.3 is 5.97 Å². The third-order valence-electron chi connectivity index (χ3n) is 12.6. The number of nitrogens with one attached hydrogen (secondary N) is 2. The van der Waals surface area contributed by atoms with Crippen LogP contribution >= 0.6 is 34.3 Å². The van der Waals surface area contributed by atoms with Gasteiger partial charge in [-0.3, -0.25) is 9.59 Å². The maximum Gasteiger partial charge on any atom is 0.349 e. The number of phenolic OH excluding ortho intramolecular Hbond substituents is 1. The number of carbonyl (C=O) groups excluding carboxylic acids is 2. The van der Waals surface area contributed by atoms with Crippen LogP contribution in [0, 0.1) is 0 Å². The van der Waals surface area contributed by atoms with Gasteiger partial charge in [0, 0.05) is 62.4 Å². The normalized spacial score (nSPS) is 16.5. The van der Waals surface area contributed by atoms with Crippen LogP contribution in [0.15, 0.2) is 76.2 Å². The molecule has 0 saturated heterocycles. The first-order valence-electron chi connectivity index (χ1n) is 21.5. The number of H-pyrrole nitrogens is 1. The number of methoxy groups -OCH3 is 1. The van der Waals surface area contributed by atoms with Gasteiger partial charge in [-0.2, -0.15) is 0 Å². The maximum absolute atomic E-state index is 13.5. The van der Waals surface area contributed by atoms with Gasteiger partial charge in [0.05, 0.1) is 33.5 Å². The Hall–Kier alpha value is -4.26. The van der Waals surface area contributed by atoms with E-state index in [1.807, 2.05) is 36.0 Å². The van der Waals surface area contributed by atoms with Crippen molar-refractivity contribution in [2.24, 2.45) is 0 Å². The molecule has 6 rings (SSSR count). The zero-order chi connectivity index (χ0) is 46.4. The third-order valence-corrected chi connectivity index (χ3v) is 19.4. The second kappa shape index (κ2) is 20.9. The van der Waals surface area contributed by atoms with E-state index in [0.717, 1.165) is 24.0 Å². The topological polar surface area (TPSA) is 163 Å². The number of carbonyl (C=O) groups is 2. The van der Waals surface area contributed by atoms with Crippen LogP contribution in [0.4, 0.5) is 0 Å². The van der Waals surface area contributed by atoms with Crippen molar-refractivity contribution < 1.29 is 38.4 Å². The molecule has 17 heteroatoms. The van der Waals surface area contributed by atoms with E-state index in [1.54, 1.807) is 55.5 Å². The number of aromatic amines is 1. The highest BCUT2D eigenvalue weighted by atomic mass is 35.5. The molecule has 0 radical (unpaired) electrons. The Morgan fingerprint density at radius 3 is 2.25 bits per heavy atom. The summed E-state index contributed by atoms with van der Waals surface area (Å²) >= 11 is 9.39. The van der Waals surface area contributed by atoms with Crippen molar-refractivity contribution in [3.05, 3.63) is 108 Å². The summed E-state index contributed by atoms with van der Waals surface area (Å²) in [5.41, 5.74) is -0.138. The Morgan fingerprint density at radius 1 is 0.969 bits per heavy atom. The zero-order valence-electron chi connectivity index (χ0n) is 37.9. The monoisotopic (exact) mass is 952 g/mol. The molecule has 0 unspecified atom stereocenters. The minimum Gasteiger partial charge on any atom is -0.506 e. The van der Waals surface area contributed by atoms with Gasteiger partial charge in [-0.1, -0.05) is 50.6 Å². The number of likely N-dealkylation sites (N-methyl/N-ethyl adjacent to an activating group) is 2. The molecular formula is C47H61ClN4O9S2Si. The molecule has 5 aromatic rings. The number of hydrogen-bond donors (Lipinski definition) is 4. The first-order valence-corrected chi connectivity index (χ1v) is 26.5. The lowest BCUT2D eigenvalue weighted by molar-refractivity contribution is -0.169. The van der Waals surface area contributed by atoms with Crippen molar-refractivity contribution >= 4 is 65.4 Å². The predicted molar refractivity (Wildman–Crippen MR) is 257 cm³/mol. The molecule has 1 amide bonds. The summed E-state index contributed by atoms with van der Waals surface area (Å²) in [6.45, 7) is 12.6. The van der Waals surface area contributed by atoms with Gasteiger partial charge in [0.1, 0.15) is 23.4 Å². The second-order valence-electron chi connectivity index (χ2n) is 18.0. The minimum absolute atomic E-state index is 0.0117. The smallest absolute Gasteiger partial charge is 0.349 e. The number of thiophene rings is 2. The van der Waals surface area contributed by atoms with Crippen LogP contribution in [-0.2, 0) is 30.9 Å². The van der Waals surface area contributed by atoms with Crippen molar-refractivity contribution in [1.29, 1.82) is 0 Å². The number of rotatable bonds is 19. The Kier molecular flexibility index (Phi) is 16.1. The Balaban J connectivity index is 0.992. The van der Waals surface area contributed by atoms with Crippen molar-refractivity contribution in [1.82, 2.24) is 20.1 Å². The standard InChI is InChI=1S/C47H61ClN4O9S2Si/c1-46(2,3)64(7,8)61-39(33-17-19-36(53)44-34(33)18-20-42(54)50-44)28-49-27-30-25-35(48)38(26-37(30)58-6)59-29-43(55)52(5)22-21-51(4)31-13-15-32(16-14-31)60-45(56)47(57,40-11-9-23-62-40)41-12-10-24-63-41/h9-12,17-20,23-26,31-32,39,49,53,57H,13-16,21-22,27-29H2,1-8H3,(H,50,54)/t31?,32?,39-/m0/s1. The molecule has 1 saturated carbocycles. The molecule has 3 aromatic heterocycles. The molecule has 1 aliphatic carbocycles. The van der Waals surface area contributed by atoms with Crippen LogP contribution in [0.2, 0.25) is 23.2 Å². The van der Waals surface area contributed by atoms with Crippen molar-refractivity contribution in [2.45, 2.75) is 95.0 Å². The lowest BCUT2D eigenvalue weighted by atomic mass is 9.91. The highest BCUT2D eigenvalue weighted by molar-refractivity contribution is 7.12. The van der Waals surface area contributed by atoms with E-state index in [1.165, 1.54) is 28.7 Å². The summed E-state index contributed by atoms with van der Waals surface area (Å²) in [7, 11) is 3.07. The summed E-state index contributed by atoms with van der Waals surface area (Å²) < 4.78 is 24.6. The van der Waals surface area contributed by atoms with Gasteiger partial charge in [0.25, 0.3) is 5.91 Å². The Labute approximate surface area is 389 Å². The molecule has 3 heterocycles. The van der Waals surface area contributed by atoms with E-state index in [4.69, 9.17) is 30.2 Å². The molecule has 1 atom stereocenters. The average Bonchev–Trinajstić information content (AvgIpc) is 4.01. The molecule has 2 aromatic carbocycles. The average molecular weight is 954 g/mol. The highest BCUT2D eigenvalue weighted by Crippen LogP contribution is 2.42. The SMILES string of the molecule is COc1cc(OCC(=O)N(C)CCN(C)C2CCC(OC(=O)C(O)(c3cccs3)c3cccs3)CC2)c(Cl)cc1CNC[C@H](O[Si](C)(C)C(C)(C)C)c1ccc(O)c2[nH]c(=O)ccc12. The fourth-order valence-corrected chi connectivity index (χ4v) is 10.9. The zero-order valence-corrected chi connectivity index (χ0v) is 41.3. The summed E-state index contributed by atoms with van der Waals surface area (Å²) in [5.74, 6) is 0.00882. The van der Waals surface area contributed by atoms with E-state index in [0.29, 0.717) is 76.2 Å². The van der Waals surface area contributed by atoms with Gasteiger partial charge in [-0.25, -0.2) is 4.79 Å². The van der Waals surface area contributed by atoms with Gasteiger partial charge in [0.2, 0.25) is 11.2 Å². The summed E-state index contributed by atoms with van der Waals surface area (Å²) in [6.07, 6.45) is 2.31. The van der Waals surface area contributed by atoms with E-state index in [2.05, 4.69) is 49.1 Å². The number of aliphatic hydroxyl groups is 1. The molecule has 13 nitrogen and oxygen atoms in total. The number of esters is 1. The fourth-order valence-electron chi connectivity index (χ4n) is 7.64. The highest BCUT2D eigenvalue weighted by Gasteiger charge is 2.45. The maximum atomic E-state index is 13.5. The Morgan fingerprint density at radius 2 is 1.64 bits per heavy atom. The number of pyridine rings is 1. The number of halogens is 1. The van der Waals surface area contributed by atoms with Gasteiger partial charge in [-0.05, 0) is 97.5 Å².